The highest BCUT2D eigenvalue weighted by atomic mass is 32.1. The van der Waals surface area contributed by atoms with Gasteiger partial charge in [0.2, 0.25) is 0 Å². The third-order valence-electron chi connectivity index (χ3n) is 3.96. The molecule has 0 bridgehead atoms. The van der Waals surface area contributed by atoms with Crippen molar-refractivity contribution in [1.82, 2.24) is 4.98 Å². The first-order valence-corrected chi connectivity index (χ1v) is 9.01. The van der Waals surface area contributed by atoms with Crippen LogP contribution in [-0.4, -0.2) is 23.1 Å². The highest BCUT2D eigenvalue weighted by molar-refractivity contribution is 7.14. The van der Waals surface area contributed by atoms with Gasteiger partial charge in [-0.25, -0.2) is 4.98 Å². The molecule has 3 rings (SSSR count). The number of thiazole rings is 1. The van der Waals surface area contributed by atoms with Gasteiger partial charge in [-0.05, 0) is 17.5 Å². The molecule has 0 aliphatic carbocycles. The lowest BCUT2D eigenvalue weighted by atomic mass is 10.1. The van der Waals surface area contributed by atoms with Gasteiger partial charge in [0.15, 0.2) is 5.13 Å². The fourth-order valence-electron chi connectivity index (χ4n) is 2.59. The van der Waals surface area contributed by atoms with E-state index in [1.807, 2.05) is 37.4 Å². The molecular formula is C20H20N2O2S. The molecule has 0 unspecified atom stereocenters. The Balaban J connectivity index is 1.63. The number of aliphatic carboxylic acids is 1. The maximum absolute atomic E-state index is 10.6. The van der Waals surface area contributed by atoms with E-state index >= 15 is 0 Å². The Morgan fingerprint density at radius 2 is 1.76 bits per heavy atom. The summed E-state index contributed by atoms with van der Waals surface area (Å²) in [6.45, 7) is 0.765. The molecule has 1 heterocycles. The number of nitrogens with zero attached hydrogens (tertiary/aromatic N) is 2. The van der Waals surface area contributed by atoms with Gasteiger partial charge in [0, 0.05) is 31.0 Å². The molecule has 0 aliphatic rings. The summed E-state index contributed by atoms with van der Waals surface area (Å²) >= 11 is 1.64. The van der Waals surface area contributed by atoms with Gasteiger partial charge in [-0.2, -0.15) is 0 Å². The Morgan fingerprint density at radius 3 is 2.44 bits per heavy atom. The number of aryl methyl sites for hydroxylation is 1. The van der Waals surface area contributed by atoms with Crippen LogP contribution in [-0.2, 0) is 17.8 Å². The summed E-state index contributed by atoms with van der Waals surface area (Å²) in [5, 5.41) is 11.8. The van der Waals surface area contributed by atoms with Crippen LogP contribution in [0.4, 0.5) is 5.13 Å². The number of carboxylic acids is 1. The highest BCUT2D eigenvalue weighted by Gasteiger charge is 2.09. The zero-order chi connectivity index (χ0) is 17.6. The average Bonchev–Trinajstić information content (AvgIpc) is 3.12. The fourth-order valence-corrected chi connectivity index (χ4v) is 3.39. The van der Waals surface area contributed by atoms with E-state index in [0.717, 1.165) is 28.5 Å². The van der Waals surface area contributed by atoms with Crippen molar-refractivity contribution in [1.29, 1.82) is 0 Å². The van der Waals surface area contributed by atoms with Crippen molar-refractivity contribution in [2.75, 3.05) is 11.9 Å². The van der Waals surface area contributed by atoms with Crippen molar-refractivity contribution in [3.05, 3.63) is 71.1 Å². The highest BCUT2D eigenvalue weighted by Crippen LogP contribution is 2.27. The molecule has 3 aromatic rings. The van der Waals surface area contributed by atoms with Crippen molar-refractivity contribution in [3.8, 4) is 11.3 Å². The molecule has 1 N–H and O–H groups in total. The van der Waals surface area contributed by atoms with Crippen molar-refractivity contribution < 1.29 is 9.90 Å². The second kappa shape index (κ2) is 7.94. The van der Waals surface area contributed by atoms with Crippen molar-refractivity contribution in [2.45, 2.75) is 19.4 Å². The van der Waals surface area contributed by atoms with Gasteiger partial charge in [0.05, 0.1) is 5.69 Å². The number of anilines is 1. The summed E-state index contributed by atoms with van der Waals surface area (Å²) < 4.78 is 0. The fraction of sp³-hybridized carbons (Fsp3) is 0.200. The van der Waals surface area contributed by atoms with Crippen LogP contribution in [0.15, 0.2) is 60.0 Å². The van der Waals surface area contributed by atoms with Crippen LogP contribution >= 0.6 is 11.3 Å². The first-order chi connectivity index (χ1) is 12.1. The first-order valence-electron chi connectivity index (χ1n) is 8.13. The number of hydrogen-bond acceptors (Lipinski definition) is 4. The molecule has 128 valence electrons. The van der Waals surface area contributed by atoms with E-state index < -0.39 is 5.97 Å². The number of benzene rings is 2. The third kappa shape index (κ3) is 4.67. The molecule has 0 fully saturated rings. The second-order valence-corrected chi connectivity index (χ2v) is 6.78. The zero-order valence-electron chi connectivity index (χ0n) is 14.1. The maximum atomic E-state index is 10.6. The number of carbonyl (C=O) groups is 1. The number of carboxylic acid groups (broad SMARTS) is 1. The van der Waals surface area contributed by atoms with Crippen LogP contribution in [0, 0.1) is 0 Å². The van der Waals surface area contributed by atoms with Crippen LogP contribution in [0.1, 0.15) is 17.5 Å². The van der Waals surface area contributed by atoms with E-state index in [1.54, 1.807) is 11.3 Å². The van der Waals surface area contributed by atoms with Crippen LogP contribution in [0.25, 0.3) is 11.3 Å². The standard InChI is InChI=1S/C20H20N2O2S/c1-22(13-16-9-7-15(8-10-16)11-12-19(23)24)20-21-18(14-25-20)17-5-3-2-4-6-17/h2-10,14H,11-13H2,1H3,(H,23,24). The Bertz CT molecular complexity index is 828. The van der Waals surface area contributed by atoms with Crippen molar-refractivity contribution in [2.24, 2.45) is 0 Å². The Hall–Kier alpha value is -2.66. The summed E-state index contributed by atoms with van der Waals surface area (Å²) in [5.74, 6) is -0.762. The third-order valence-corrected chi connectivity index (χ3v) is 4.91. The van der Waals surface area contributed by atoms with E-state index in [0.29, 0.717) is 6.42 Å². The molecule has 0 atom stereocenters. The predicted octanol–water partition coefficient (Wildman–Crippen LogP) is 4.46. The molecule has 4 nitrogen and oxygen atoms in total. The molecule has 0 radical (unpaired) electrons. The summed E-state index contributed by atoms with van der Waals surface area (Å²) in [6, 6.07) is 18.3. The average molecular weight is 352 g/mol. The molecule has 1 aromatic heterocycles. The smallest absolute Gasteiger partial charge is 0.303 e. The molecule has 0 aliphatic heterocycles. The van der Waals surface area contributed by atoms with Gasteiger partial charge in [0.25, 0.3) is 0 Å². The minimum atomic E-state index is -0.762. The Morgan fingerprint density at radius 1 is 1.08 bits per heavy atom. The normalized spacial score (nSPS) is 10.6. The van der Waals surface area contributed by atoms with E-state index in [4.69, 9.17) is 10.1 Å². The van der Waals surface area contributed by atoms with Crippen molar-refractivity contribution in [3.63, 3.8) is 0 Å². The van der Waals surface area contributed by atoms with Gasteiger partial charge >= 0.3 is 5.97 Å². The molecule has 2 aromatic carbocycles. The first kappa shape index (κ1) is 17.2. The van der Waals surface area contributed by atoms with Gasteiger partial charge < -0.3 is 10.0 Å². The lowest BCUT2D eigenvalue weighted by Crippen LogP contribution is -2.16. The molecule has 0 amide bonds. The molecular weight excluding hydrogens is 332 g/mol. The Labute approximate surface area is 151 Å². The minimum Gasteiger partial charge on any atom is -0.481 e. The van der Waals surface area contributed by atoms with Gasteiger partial charge in [0.1, 0.15) is 0 Å². The maximum Gasteiger partial charge on any atom is 0.303 e. The topological polar surface area (TPSA) is 53.4 Å². The summed E-state index contributed by atoms with van der Waals surface area (Å²) in [4.78, 5) is 17.5. The molecule has 0 saturated heterocycles. The predicted molar refractivity (Wildman–Crippen MR) is 102 cm³/mol. The van der Waals surface area contributed by atoms with Crippen LogP contribution in [0.5, 0.6) is 0 Å². The Kier molecular flexibility index (Phi) is 5.46. The molecule has 0 saturated carbocycles. The number of hydrogen-bond donors (Lipinski definition) is 1. The summed E-state index contributed by atoms with van der Waals surface area (Å²) in [7, 11) is 2.03. The minimum absolute atomic E-state index is 0.167. The van der Waals surface area contributed by atoms with E-state index in [-0.39, 0.29) is 6.42 Å². The second-order valence-electron chi connectivity index (χ2n) is 5.95. The molecule has 5 heteroatoms. The van der Waals surface area contributed by atoms with E-state index in [2.05, 4.69) is 34.5 Å². The van der Waals surface area contributed by atoms with Crippen molar-refractivity contribution >= 4 is 22.4 Å². The monoisotopic (exact) mass is 352 g/mol. The van der Waals surface area contributed by atoms with Gasteiger partial charge in [-0.1, -0.05) is 54.6 Å². The quantitative estimate of drug-likeness (QED) is 0.682. The number of aromatic nitrogens is 1. The summed E-state index contributed by atoms with van der Waals surface area (Å²) in [6.07, 6.45) is 0.735. The van der Waals surface area contributed by atoms with Gasteiger partial charge in [-0.3, -0.25) is 4.79 Å². The lowest BCUT2D eigenvalue weighted by Gasteiger charge is -2.16. The van der Waals surface area contributed by atoms with E-state index in [9.17, 15) is 4.79 Å². The zero-order valence-corrected chi connectivity index (χ0v) is 14.9. The largest absolute Gasteiger partial charge is 0.481 e. The van der Waals surface area contributed by atoms with Crippen LogP contribution < -0.4 is 4.90 Å². The number of rotatable bonds is 7. The lowest BCUT2D eigenvalue weighted by molar-refractivity contribution is -0.136. The van der Waals surface area contributed by atoms with Gasteiger partial charge in [-0.15, -0.1) is 11.3 Å². The van der Waals surface area contributed by atoms with Crippen LogP contribution in [0.2, 0.25) is 0 Å². The molecule has 25 heavy (non-hydrogen) atoms. The van der Waals surface area contributed by atoms with E-state index in [1.165, 1.54) is 5.56 Å². The van der Waals surface area contributed by atoms with Crippen LogP contribution in [0.3, 0.4) is 0 Å². The SMILES string of the molecule is CN(Cc1ccc(CCC(=O)O)cc1)c1nc(-c2ccccc2)cs1. The molecule has 0 spiro atoms. The summed E-state index contributed by atoms with van der Waals surface area (Å²) in [5.41, 5.74) is 4.35.